The average molecular weight is 301 g/mol. The molecule has 1 heterocycles. The first-order chi connectivity index (χ1) is 9.70. The Morgan fingerprint density at radius 3 is 3.00 bits per heavy atom. The summed E-state index contributed by atoms with van der Waals surface area (Å²) in [5.74, 6) is -0.308. The number of benzene rings is 1. The topological polar surface area (TPSA) is 35.5 Å². The Labute approximate surface area is 124 Å². The second-order valence-corrected chi connectivity index (χ2v) is 5.69. The molecule has 2 N–H and O–H groups in total. The molecule has 0 bridgehead atoms. The molecular formula is C15H22ClFN2O. The summed E-state index contributed by atoms with van der Waals surface area (Å²) in [7, 11) is 0. The molecule has 3 nitrogen and oxygen atoms in total. The second-order valence-electron chi connectivity index (χ2n) is 5.28. The highest BCUT2D eigenvalue weighted by atomic mass is 35.5. The minimum atomic E-state index is -0.308. The number of rotatable bonds is 6. The highest BCUT2D eigenvalue weighted by molar-refractivity contribution is 6.31. The van der Waals surface area contributed by atoms with Crippen molar-refractivity contribution in [3.63, 3.8) is 0 Å². The molecule has 1 unspecified atom stereocenters. The Kier molecular flexibility index (Phi) is 6.23. The van der Waals surface area contributed by atoms with E-state index in [1.54, 1.807) is 6.07 Å². The van der Waals surface area contributed by atoms with Crippen molar-refractivity contribution in [3.8, 4) is 0 Å². The summed E-state index contributed by atoms with van der Waals surface area (Å²) in [5.41, 5.74) is 0.908. The lowest BCUT2D eigenvalue weighted by Crippen LogP contribution is -2.44. The summed E-state index contributed by atoms with van der Waals surface area (Å²) in [4.78, 5) is 2.34. The maximum Gasteiger partial charge on any atom is 0.124 e. The summed E-state index contributed by atoms with van der Waals surface area (Å²) in [5, 5.41) is 13.1. The van der Waals surface area contributed by atoms with E-state index in [1.165, 1.54) is 25.0 Å². The minimum Gasteiger partial charge on any atom is -0.395 e. The van der Waals surface area contributed by atoms with Crippen molar-refractivity contribution < 1.29 is 9.50 Å². The lowest BCUT2D eigenvalue weighted by atomic mass is 10.0. The van der Waals surface area contributed by atoms with Gasteiger partial charge in [0, 0.05) is 30.7 Å². The zero-order valence-electron chi connectivity index (χ0n) is 11.6. The van der Waals surface area contributed by atoms with Gasteiger partial charge in [-0.2, -0.15) is 0 Å². The van der Waals surface area contributed by atoms with Crippen LogP contribution in [-0.4, -0.2) is 42.3 Å². The van der Waals surface area contributed by atoms with Crippen LogP contribution >= 0.6 is 11.6 Å². The lowest BCUT2D eigenvalue weighted by Gasteiger charge is -2.34. The third-order valence-electron chi connectivity index (χ3n) is 3.87. The predicted molar refractivity (Wildman–Crippen MR) is 79.4 cm³/mol. The SMILES string of the molecule is OCC1CCCCN1CCNCc1ccc(F)cc1Cl. The number of likely N-dealkylation sites (tertiary alicyclic amines) is 1. The standard InChI is InChI=1S/C15H22ClFN2O/c16-15-9-13(17)5-4-12(15)10-18-6-8-19-7-2-1-3-14(19)11-20/h4-5,9,14,18,20H,1-3,6-8,10-11H2. The van der Waals surface area contributed by atoms with Crippen LogP contribution in [0.15, 0.2) is 18.2 Å². The smallest absolute Gasteiger partial charge is 0.124 e. The largest absolute Gasteiger partial charge is 0.395 e. The van der Waals surface area contributed by atoms with E-state index in [1.807, 2.05) is 0 Å². The van der Waals surface area contributed by atoms with Crippen LogP contribution in [0.1, 0.15) is 24.8 Å². The van der Waals surface area contributed by atoms with Crippen LogP contribution in [0.5, 0.6) is 0 Å². The van der Waals surface area contributed by atoms with Crippen LogP contribution in [-0.2, 0) is 6.54 Å². The van der Waals surface area contributed by atoms with Gasteiger partial charge in [0.15, 0.2) is 0 Å². The zero-order valence-corrected chi connectivity index (χ0v) is 12.4. The molecule has 0 aliphatic carbocycles. The Hall–Kier alpha value is -0.680. The molecule has 5 heteroatoms. The monoisotopic (exact) mass is 300 g/mol. The predicted octanol–water partition coefficient (Wildman–Crippen LogP) is 2.42. The highest BCUT2D eigenvalue weighted by Crippen LogP contribution is 2.17. The summed E-state index contributed by atoms with van der Waals surface area (Å²) in [6.45, 7) is 3.69. The van der Waals surface area contributed by atoms with Crippen LogP contribution in [0.4, 0.5) is 4.39 Å². The molecule has 0 radical (unpaired) electrons. The Morgan fingerprint density at radius 1 is 1.40 bits per heavy atom. The normalized spacial score (nSPS) is 20.2. The van der Waals surface area contributed by atoms with Crippen molar-refractivity contribution in [3.05, 3.63) is 34.6 Å². The summed E-state index contributed by atoms with van der Waals surface area (Å²) in [6.07, 6.45) is 3.50. The molecular weight excluding hydrogens is 279 g/mol. The van der Waals surface area contributed by atoms with Gasteiger partial charge >= 0.3 is 0 Å². The van der Waals surface area contributed by atoms with Gasteiger partial charge in [0.2, 0.25) is 0 Å². The minimum absolute atomic E-state index is 0.240. The van der Waals surface area contributed by atoms with Gasteiger partial charge in [-0.1, -0.05) is 24.1 Å². The van der Waals surface area contributed by atoms with Crippen LogP contribution < -0.4 is 5.32 Å². The quantitative estimate of drug-likeness (QED) is 0.792. The van der Waals surface area contributed by atoms with Crippen LogP contribution in [0.25, 0.3) is 0 Å². The van der Waals surface area contributed by atoms with E-state index in [2.05, 4.69) is 10.2 Å². The van der Waals surface area contributed by atoms with Gasteiger partial charge in [-0.05, 0) is 37.1 Å². The van der Waals surface area contributed by atoms with Gasteiger partial charge in [-0.15, -0.1) is 0 Å². The van der Waals surface area contributed by atoms with Gasteiger partial charge < -0.3 is 10.4 Å². The number of piperidine rings is 1. The molecule has 20 heavy (non-hydrogen) atoms. The van der Waals surface area contributed by atoms with E-state index >= 15 is 0 Å². The molecule has 1 fully saturated rings. The fraction of sp³-hybridized carbons (Fsp3) is 0.600. The Bertz CT molecular complexity index is 430. The van der Waals surface area contributed by atoms with E-state index in [0.29, 0.717) is 17.6 Å². The van der Waals surface area contributed by atoms with E-state index in [0.717, 1.165) is 31.6 Å². The molecule has 0 aromatic heterocycles. The maximum absolute atomic E-state index is 12.9. The number of nitrogens with one attached hydrogen (secondary N) is 1. The van der Waals surface area contributed by atoms with Crippen molar-refractivity contribution in [1.82, 2.24) is 10.2 Å². The van der Waals surface area contributed by atoms with Gasteiger partial charge in [0.1, 0.15) is 5.82 Å². The summed E-state index contributed by atoms with van der Waals surface area (Å²) >= 11 is 5.98. The molecule has 2 rings (SSSR count). The molecule has 0 saturated carbocycles. The lowest BCUT2D eigenvalue weighted by molar-refractivity contribution is 0.0910. The molecule has 0 amide bonds. The highest BCUT2D eigenvalue weighted by Gasteiger charge is 2.20. The molecule has 1 aliphatic heterocycles. The fourth-order valence-electron chi connectivity index (χ4n) is 2.67. The molecule has 1 aromatic carbocycles. The molecule has 1 atom stereocenters. The third-order valence-corrected chi connectivity index (χ3v) is 4.22. The van der Waals surface area contributed by atoms with E-state index < -0.39 is 0 Å². The second kappa shape index (κ2) is 7.93. The van der Waals surface area contributed by atoms with Crippen molar-refractivity contribution in [2.75, 3.05) is 26.2 Å². The van der Waals surface area contributed by atoms with Crippen molar-refractivity contribution in [1.29, 1.82) is 0 Å². The molecule has 1 aliphatic rings. The van der Waals surface area contributed by atoms with E-state index in [9.17, 15) is 9.50 Å². The Balaban J connectivity index is 1.73. The molecule has 1 saturated heterocycles. The number of hydrogen-bond donors (Lipinski definition) is 2. The Morgan fingerprint density at radius 2 is 2.25 bits per heavy atom. The van der Waals surface area contributed by atoms with Gasteiger partial charge in [0.05, 0.1) is 6.61 Å². The number of aliphatic hydroxyl groups excluding tert-OH is 1. The van der Waals surface area contributed by atoms with Gasteiger partial charge in [0.25, 0.3) is 0 Å². The third kappa shape index (κ3) is 4.42. The molecule has 0 spiro atoms. The first kappa shape index (κ1) is 15.7. The van der Waals surface area contributed by atoms with Crippen molar-refractivity contribution in [2.24, 2.45) is 0 Å². The number of nitrogens with zero attached hydrogens (tertiary/aromatic N) is 1. The van der Waals surface area contributed by atoms with Gasteiger partial charge in [-0.3, -0.25) is 4.90 Å². The number of hydrogen-bond acceptors (Lipinski definition) is 3. The zero-order chi connectivity index (χ0) is 14.4. The van der Waals surface area contributed by atoms with E-state index in [-0.39, 0.29) is 12.4 Å². The average Bonchev–Trinajstić information content (AvgIpc) is 2.46. The number of halogens is 2. The van der Waals surface area contributed by atoms with Crippen molar-refractivity contribution in [2.45, 2.75) is 31.8 Å². The van der Waals surface area contributed by atoms with Crippen LogP contribution in [0, 0.1) is 5.82 Å². The molecule has 112 valence electrons. The fourth-order valence-corrected chi connectivity index (χ4v) is 2.91. The van der Waals surface area contributed by atoms with Gasteiger partial charge in [-0.25, -0.2) is 4.39 Å². The number of aliphatic hydroxyl groups is 1. The summed E-state index contributed by atoms with van der Waals surface area (Å²) in [6, 6.07) is 4.78. The van der Waals surface area contributed by atoms with Crippen molar-refractivity contribution >= 4 is 11.6 Å². The summed E-state index contributed by atoms with van der Waals surface area (Å²) < 4.78 is 12.9. The first-order valence-corrected chi connectivity index (χ1v) is 7.58. The van der Waals surface area contributed by atoms with E-state index in [4.69, 9.17) is 11.6 Å². The van der Waals surface area contributed by atoms with Crippen LogP contribution in [0.3, 0.4) is 0 Å². The maximum atomic E-state index is 12.9. The molecule has 1 aromatic rings. The first-order valence-electron chi connectivity index (χ1n) is 7.20. The van der Waals surface area contributed by atoms with Crippen LogP contribution in [0.2, 0.25) is 5.02 Å².